The zero-order chi connectivity index (χ0) is 19.2. The number of hydrogen-bond donors (Lipinski definition) is 1. The van der Waals surface area contributed by atoms with E-state index < -0.39 is 0 Å². The predicted octanol–water partition coefficient (Wildman–Crippen LogP) is 7.10. The highest BCUT2D eigenvalue weighted by Gasteiger charge is 2.55. The smallest absolute Gasteiger partial charge is 0.115 e. The summed E-state index contributed by atoms with van der Waals surface area (Å²) in [6, 6.07) is 6.17. The molecule has 27 heavy (non-hydrogen) atoms. The Balaban J connectivity index is 1.53. The van der Waals surface area contributed by atoms with E-state index in [0.717, 1.165) is 36.0 Å². The molecule has 3 aliphatic carbocycles. The minimum Gasteiger partial charge on any atom is -0.508 e. The van der Waals surface area contributed by atoms with Crippen molar-refractivity contribution >= 4 is 0 Å². The second-order valence-corrected chi connectivity index (χ2v) is 10.4. The van der Waals surface area contributed by atoms with Crippen LogP contribution in [0.25, 0.3) is 0 Å². The van der Waals surface area contributed by atoms with Gasteiger partial charge < -0.3 is 5.11 Å². The first-order valence-electron chi connectivity index (χ1n) is 11.4. The number of phenols is 1. The molecule has 1 aromatic carbocycles. The molecule has 1 heteroatoms. The number of fused-ring (bicyclic) bond motifs is 5. The Bertz CT molecular complexity index is 702. The summed E-state index contributed by atoms with van der Waals surface area (Å²) >= 11 is 0. The Morgan fingerprint density at radius 1 is 1.15 bits per heavy atom. The first-order valence-corrected chi connectivity index (χ1v) is 11.4. The molecule has 148 valence electrons. The van der Waals surface area contributed by atoms with Crippen molar-refractivity contribution in [1.82, 2.24) is 0 Å². The molecule has 6 atom stereocenters. The fraction of sp³-hybridized carbons (Fsp3) is 0.692. The number of allylic oxidation sites excluding steroid dienone is 2. The van der Waals surface area contributed by atoms with E-state index in [1.807, 2.05) is 12.1 Å². The molecule has 0 aliphatic heterocycles. The van der Waals surface area contributed by atoms with E-state index in [1.54, 1.807) is 5.56 Å². The molecule has 0 radical (unpaired) electrons. The average molecular weight is 367 g/mol. The largest absolute Gasteiger partial charge is 0.508 e. The maximum absolute atomic E-state index is 9.87. The van der Waals surface area contributed by atoms with Crippen LogP contribution in [0.1, 0.15) is 83.3 Å². The monoisotopic (exact) mass is 366 g/mol. The zero-order valence-electron chi connectivity index (χ0n) is 17.7. The number of benzene rings is 1. The van der Waals surface area contributed by atoms with Crippen molar-refractivity contribution in [3.05, 3.63) is 41.5 Å². The standard InChI is InChI=1S/C26H38O/c1-17(2)6-5-7-18(3)24-12-13-25-23-10-8-19-16-20(27)9-11-21(19)22(23)14-15-26(24,25)4/h5,7,9,11,16-18,22-25,27H,6,8,10,12-15H2,1-4H3/b7-5+/t18-,22-,23-,24-,25+,26-/m1/s1. The SMILES string of the molecule is CC(C)C/C=C/[C@@H](C)[C@H]1CC[C@H]2[C@@H]3CCc4cc(O)ccc4[C@H]3CC[C@]12C. The topological polar surface area (TPSA) is 20.2 Å². The summed E-state index contributed by atoms with van der Waals surface area (Å²) in [5.41, 5.74) is 3.50. The Morgan fingerprint density at radius 3 is 2.74 bits per heavy atom. The molecular weight excluding hydrogens is 328 g/mol. The van der Waals surface area contributed by atoms with Crippen molar-refractivity contribution in [2.75, 3.05) is 0 Å². The summed E-state index contributed by atoms with van der Waals surface area (Å²) in [5.74, 6) is 5.25. The lowest BCUT2D eigenvalue weighted by Crippen LogP contribution is -2.43. The van der Waals surface area contributed by atoms with Gasteiger partial charge in [0.2, 0.25) is 0 Å². The van der Waals surface area contributed by atoms with E-state index in [2.05, 4.69) is 45.9 Å². The van der Waals surface area contributed by atoms with Gasteiger partial charge in [-0.15, -0.1) is 0 Å². The number of aromatic hydroxyl groups is 1. The number of aryl methyl sites for hydroxylation is 1. The molecule has 0 bridgehead atoms. The van der Waals surface area contributed by atoms with Crippen molar-refractivity contribution in [3.63, 3.8) is 0 Å². The summed E-state index contributed by atoms with van der Waals surface area (Å²) in [4.78, 5) is 0. The molecule has 0 heterocycles. The quantitative estimate of drug-likeness (QED) is 0.563. The molecule has 1 nitrogen and oxygen atoms in total. The molecule has 0 unspecified atom stereocenters. The maximum Gasteiger partial charge on any atom is 0.115 e. The third kappa shape index (κ3) is 3.36. The van der Waals surface area contributed by atoms with Crippen LogP contribution in [0.15, 0.2) is 30.4 Å². The molecule has 1 aromatic rings. The minimum absolute atomic E-state index is 0.441. The summed E-state index contributed by atoms with van der Waals surface area (Å²) in [5, 5.41) is 9.87. The van der Waals surface area contributed by atoms with Gasteiger partial charge in [-0.1, -0.05) is 45.9 Å². The van der Waals surface area contributed by atoms with Crippen LogP contribution in [0.4, 0.5) is 0 Å². The van der Waals surface area contributed by atoms with Crippen molar-refractivity contribution in [2.45, 2.75) is 78.6 Å². The van der Waals surface area contributed by atoms with Gasteiger partial charge in [0.15, 0.2) is 0 Å². The van der Waals surface area contributed by atoms with Gasteiger partial charge in [-0.05, 0) is 109 Å². The van der Waals surface area contributed by atoms with Gasteiger partial charge >= 0.3 is 0 Å². The van der Waals surface area contributed by atoms with Crippen LogP contribution >= 0.6 is 0 Å². The predicted molar refractivity (Wildman–Crippen MR) is 114 cm³/mol. The second-order valence-electron chi connectivity index (χ2n) is 10.4. The molecule has 4 rings (SSSR count). The molecular formula is C26H38O. The lowest BCUT2D eigenvalue weighted by Gasteiger charge is -2.51. The lowest BCUT2D eigenvalue weighted by atomic mass is 9.53. The minimum atomic E-state index is 0.441. The van der Waals surface area contributed by atoms with Crippen molar-refractivity contribution < 1.29 is 5.11 Å². The van der Waals surface area contributed by atoms with E-state index in [-0.39, 0.29) is 0 Å². The van der Waals surface area contributed by atoms with Crippen LogP contribution in [-0.2, 0) is 6.42 Å². The third-order valence-corrected chi connectivity index (χ3v) is 8.47. The van der Waals surface area contributed by atoms with Crippen LogP contribution in [0, 0.1) is 35.0 Å². The normalized spacial score (nSPS) is 36.5. The lowest BCUT2D eigenvalue weighted by molar-refractivity contribution is 0.0178. The molecule has 0 spiro atoms. The van der Waals surface area contributed by atoms with E-state index in [9.17, 15) is 5.11 Å². The molecule has 2 saturated carbocycles. The van der Waals surface area contributed by atoms with E-state index in [0.29, 0.717) is 17.1 Å². The fourth-order valence-corrected chi connectivity index (χ4v) is 7.17. The van der Waals surface area contributed by atoms with Gasteiger partial charge in [-0.2, -0.15) is 0 Å². The third-order valence-electron chi connectivity index (χ3n) is 8.47. The molecule has 0 saturated heterocycles. The van der Waals surface area contributed by atoms with Crippen molar-refractivity contribution in [2.24, 2.45) is 35.0 Å². The summed E-state index contributed by atoms with van der Waals surface area (Å²) < 4.78 is 0. The number of phenolic OH excluding ortho intramolecular Hbond substituents is 1. The van der Waals surface area contributed by atoms with Gasteiger partial charge in [-0.3, -0.25) is 0 Å². The summed E-state index contributed by atoms with van der Waals surface area (Å²) in [6.45, 7) is 9.72. The fourth-order valence-electron chi connectivity index (χ4n) is 7.17. The summed E-state index contributed by atoms with van der Waals surface area (Å²) in [7, 11) is 0. The Morgan fingerprint density at radius 2 is 1.96 bits per heavy atom. The summed E-state index contributed by atoms with van der Waals surface area (Å²) in [6.07, 6.45) is 14.2. The van der Waals surface area contributed by atoms with Crippen LogP contribution < -0.4 is 0 Å². The van der Waals surface area contributed by atoms with E-state index >= 15 is 0 Å². The molecule has 0 amide bonds. The Kier molecular flexibility index (Phi) is 5.16. The van der Waals surface area contributed by atoms with E-state index in [1.165, 1.54) is 44.1 Å². The number of rotatable bonds is 4. The van der Waals surface area contributed by atoms with E-state index in [4.69, 9.17) is 0 Å². The zero-order valence-corrected chi connectivity index (χ0v) is 17.7. The second kappa shape index (κ2) is 7.30. The van der Waals surface area contributed by atoms with Crippen LogP contribution in [0.3, 0.4) is 0 Å². The van der Waals surface area contributed by atoms with Crippen LogP contribution in [0.2, 0.25) is 0 Å². The van der Waals surface area contributed by atoms with Gasteiger partial charge in [0.25, 0.3) is 0 Å². The molecule has 3 aliphatic rings. The van der Waals surface area contributed by atoms with Gasteiger partial charge in [-0.25, -0.2) is 0 Å². The molecule has 0 aromatic heterocycles. The number of hydrogen-bond acceptors (Lipinski definition) is 1. The maximum atomic E-state index is 9.87. The Hall–Kier alpha value is -1.24. The first kappa shape index (κ1) is 19.1. The average Bonchev–Trinajstić information content (AvgIpc) is 2.98. The van der Waals surface area contributed by atoms with Gasteiger partial charge in [0, 0.05) is 0 Å². The van der Waals surface area contributed by atoms with Gasteiger partial charge in [0.05, 0.1) is 0 Å². The van der Waals surface area contributed by atoms with Crippen LogP contribution in [-0.4, -0.2) is 5.11 Å². The van der Waals surface area contributed by atoms with Crippen LogP contribution in [0.5, 0.6) is 5.75 Å². The molecule has 2 fully saturated rings. The highest BCUT2D eigenvalue weighted by molar-refractivity contribution is 5.40. The van der Waals surface area contributed by atoms with Crippen molar-refractivity contribution in [3.8, 4) is 5.75 Å². The highest BCUT2D eigenvalue weighted by atomic mass is 16.3. The Labute approximate surface area is 166 Å². The van der Waals surface area contributed by atoms with Crippen molar-refractivity contribution in [1.29, 1.82) is 0 Å². The molecule has 1 N–H and O–H groups in total. The first-order chi connectivity index (χ1) is 12.9. The highest BCUT2D eigenvalue weighted by Crippen LogP contribution is 2.64. The van der Waals surface area contributed by atoms with Gasteiger partial charge in [0.1, 0.15) is 5.75 Å².